The molecule has 0 radical (unpaired) electrons. The molecule has 1 aromatic carbocycles. The molecule has 2 aromatic rings. The van der Waals surface area contributed by atoms with E-state index >= 15 is 0 Å². The van der Waals surface area contributed by atoms with Crippen LogP contribution < -0.4 is 15.2 Å². The molecule has 94 valence electrons. The highest BCUT2D eigenvalue weighted by molar-refractivity contribution is 5.46. The zero-order valence-electron chi connectivity index (χ0n) is 10.2. The fourth-order valence-corrected chi connectivity index (χ4v) is 2.05. The van der Waals surface area contributed by atoms with Gasteiger partial charge in [-0.05, 0) is 17.7 Å². The third-order valence-corrected chi connectivity index (χ3v) is 3.01. The second kappa shape index (κ2) is 4.34. The van der Waals surface area contributed by atoms with Crippen molar-refractivity contribution in [2.75, 3.05) is 13.2 Å². The first-order chi connectivity index (χ1) is 8.74. The molecule has 0 saturated carbocycles. The first-order valence-electron chi connectivity index (χ1n) is 5.88. The van der Waals surface area contributed by atoms with Crippen LogP contribution in [-0.2, 0) is 7.05 Å². The van der Waals surface area contributed by atoms with Crippen LogP contribution >= 0.6 is 0 Å². The van der Waals surface area contributed by atoms with E-state index in [1.165, 1.54) is 0 Å². The first-order valence-corrected chi connectivity index (χ1v) is 5.88. The van der Waals surface area contributed by atoms with Crippen molar-refractivity contribution in [3.8, 4) is 11.5 Å². The lowest BCUT2D eigenvalue weighted by molar-refractivity contribution is 0.171. The number of rotatable bonds is 2. The monoisotopic (exact) mass is 245 g/mol. The molecule has 0 fully saturated rings. The van der Waals surface area contributed by atoms with Gasteiger partial charge in [-0.1, -0.05) is 6.07 Å². The minimum absolute atomic E-state index is 0.200. The first kappa shape index (κ1) is 11.1. The van der Waals surface area contributed by atoms with Crippen molar-refractivity contribution in [3.05, 3.63) is 41.7 Å². The highest BCUT2D eigenvalue weighted by Crippen LogP contribution is 2.33. The molecule has 0 aliphatic carbocycles. The lowest BCUT2D eigenvalue weighted by Gasteiger charge is -2.20. The van der Waals surface area contributed by atoms with Crippen LogP contribution in [-0.4, -0.2) is 23.0 Å². The minimum Gasteiger partial charge on any atom is -0.486 e. The SMILES string of the molecule is Cn1cc(C(N)c2ccc3c(c2)OCCO3)cn1. The Bertz CT molecular complexity index is 565. The van der Waals surface area contributed by atoms with Gasteiger partial charge in [-0.2, -0.15) is 5.10 Å². The second-order valence-corrected chi connectivity index (χ2v) is 4.33. The number of hydrogen-bond acceptors (Lipinski definition) is 4. The van der Waals surface area contributed by atoms with E-state index in [0.717, 1.165) is 22.6 Å². The van der Waals surface area contributed by atoms with Crippen LogP contribution in [0.4, 0.5) is 0 Å². The maximum atomic E-state index is 6.21. The normalized spacial score (nSPS) is 15.4. The summed E-state index contributed by atoms with van der Waals surface area (Å²) in [4.78, 5) is 0. The summed E-state index contributed by atoms with van der Waals surface area (Å²) in [6, 6.07) is 5.60. The van der Waals surface area contributed by atoms with Gasteiger partial charge in [-0.15, -0.1) is 0 Å². The third kappa shape index (κ3) is 1.93. The molecular weight excluding hydrogens is 230 g/mol. The molecular formula is C13H15N3O2. The standard InChI is InChI=1S/C13H15N3O2/c1-16-8-10(7-15-16)13(14)9-2-3-11-12(6-9)18-5-4-17-11/h2-3,6-8,13H,4-5,14H2,1H3. The van der Waals surface area contributed by atoms with Crippen LogP contribution in [0.25, 0.3) is 0 Å². The average molecular weight is 245 g/mol. The Morgan fingerprint density at radius 3 is 2.72 bits per heavy atom. The summed E-state index contributed by atoms with van der Waals surface area (Å²) >= 11 is 0. The molecule has 1 unspecified atom stereocenters. The Labute approximate surface area is 105 Å². The Morgan fingerprint density at radius 1 is 1.22 bits per heavy atom. The zero-order valence-corrected chi connectivity index (χ0v) is 10.2. The number of hydrogen-bond donors (Lipinski definition) is 1. The summed E-state index contributed by atoms with van der Waals surface area (Å²) in [6.07, 6.45) is 3.70. The fourth-order valence-electron chi connectivity index (χ4n) is 2.05. The third-order valence-electron chi connectivity index (χ3n) is 3.01. The van der Waals surface area contributed by atoms with Gasteiger partial charge in [0, 0.05) is 18.8 Å². The van der Waals surface area contributed by atoms with Gasteiger partial charge < -0.3 is 15.2 Å². The summed E-state index contributed by atoms with van der Waals surface area (Å²) < 4.78 is 12.8. The van der Waals surface area contributed by atoms with Crippen LogP contribution in [0.3, 0.4) is 0 Å². The summed E-state index contributed by atoms with van der Waals surface area (Å²) in [5.41, 5.74) is 8.19. The molecule has 18 heavy (non-hydrogen) atoms. The predicted octanol–water partition coefficient (Wildman–Crippen LogP) is 1.24. The molecule has 0 bridgehead atoms. The van der Waals surface area contributed by atoms with E-state index in [4.69, 9.17) is 15.2 Å². The summed E-state index contributed by atoms with van der Waals surface area (Å²) in [6.45, 7) is 1.18. The van der Waals surface area contributed by atoms with Crippen molar-refractivity contribution in [2.24, 2.45) is 12.8 Å². The summed E-state index contributed by atoms with van der Waals surface area (Å²) in [5, 5.41) is 4.13. The second-order valence-electron chi connectivity index (χ2n) is 4.33. The number of fused-ring (bicyclic) bond motifs is 1. The molecule has 2 N–H and O–H groups in total. The van der Waals surface area contributed by atoms with Gasteiger partial charge in [0.05, 0.1) is 12.2 Å². The van der Waals surface area contributed by atoms with Crippen LogP contribution in [0, 0.1) is 0 Å². The Morgan fingerprint density at radius 2 is 2.00 bits per heavy atom. The molecule has 3 rings (SSSR count). The predicted molar refractivity (Wildman–Crippen MR) is 66.7 cm³/mol. The van der Waals surface area contributed by atoms with Crippen LogP contribution in [0.15, 0.2) is 30.6 Å². The molecule has 1 aliphatic rings. The van der Waals surface area contributed by atoms with Crippen molar-refractivity contribution in [3.63, 3.8) is 0 Å². The smallest absolute Gasteiger partial charge is 0.161 e. The highest BCUT2D eigenvalue weighted by atomic mass is 16.6. The largest absolute Gasteiger partial charge is 0.486 e. The summed E-state index contributed by atoms with van der Waals surface area (Å²) in [5.74, 6) is 1.54. The van der Waals surface area contributed by atoms with E-state index in [-0.39, 0.29) is 6.04 Å². The number of benzene rings is 1. The van der Waals surface area contributed by atoms with E-state index in [0.29, 0.717) is 13.2 Å². The van der Waals surface area contributed by atoms with Crippen molar-refractivity contribution in [1.82, 2.24) is 9.78 Å². The fraction of sp³-hybridized carbons (Fsp3) is 0.308. The number of aromatic nitrogens is 2. The van der Waals surface area contributed by atoms with Gasteiger partial charge in [0.25, 0.3) is 0 Å². The van der Waals surface area contributed by atoms with Gasteiger partial charge in [-0.3, -0.25) is 4.68 Å². The molecule has 0 amide bonds. The van der Waals surface area contributed by atoms with E-state index in [1.54, 1.807) is 10.9 Å². The Hall–Kier alpha value is -2.01. The maximum absolute atomic E-state index is 6.21. The van der Waals surface area contributed by atoms with E-state index in [1.807, 2.05) is 31.4 Å². The lowest BCUT2D eigenvalue weighted by atomic mass is 10.0. The Kier molecular flexibility index (Phi) is 2.68. The molecule has 1 aliphatic heterocycles. The number of nitrogens with two attached hydrogens (primary N) is 1. The quantitative estimate of drug-likeness (QED) is 0.864. The molecule has 1 aromatic heterocycles. The van der Waals surface area contributed by atoms with E-state index < -0.39 is 0 Å². The molecule has 1 atom stereocenters. The van der Waals surface area contributed by atoms with Crippen molar-refractivity contribution in [1.29, 1.82) is 0 Å². The molecule has 5 nitrogen and oxygen atoms in total. The van der Waals surface area contributed by atoms with Gasteiger partial charge >= 0.3 is 0 Å². The lowest BCUT2D eigenvalue weighted by Crippen LogP contribution is -2.17. The van der Waals surface area contributed by atoms with Gasteiger partial charge in [-0.25, -0.2) is 0 Å². The van der Waals surface area contributed by atoms with Crippen LogP contribution in [0.2, 0.25) is 0 Å². The minimum atomic E-state index is -0.200. The van der Waals surface area contributed by atoms with Crippen molar-refractivity contribution >= 4 is 0 Å². The number of aryl methyl sites for hydroxylation is 1. The zero-order chi connectivity index (χ0) is 12.5. The molecule has 0 spiro atoms. The summed E-state index contributed by atoms with van der Waals surface area (Å²) in [7, 11) is 1.88. The van der Waals surface area contributed by atoms with Crippen LogP contribution in [0.5, 0.6) is 11.5 Å². The number of nitrogens with zero attached hydrogens (tertiary/aromatic N) is 2. The van der Waals surface area contributed by atoms with Crippen molar-refractivity contribution < 1.29 is 9.47 Å². The Balaban J connectivity index is 1.92. The topological polar surface area (TPSA) is 62.3 Å². The van der Waals surface area contributed by atoms with Crippen LogP contribution in [0.1, 0.15) is 17.2 Å². The van der Waals surface area contributed by atoms with Gasteiger partial charge in [0.2, 0.25) is 0 Å². The van der Waals surface area contributed by atoms with Gasteiger partial charge in [0.15, 0.2) is 11.5 Å². The molecule has 2 heterocycles. The van der Waals surface area contributed by atoms with E-state index in [9.17, 15) is 0 Å². The van der Waals surface area contributed by atoms with Crippen molar-refractivity contribution in [2.45, 2.75) is 6.04 Å². The van der Waals surface area contributed by atoms with E-state index in [2.05, 4.69) is 5.10 Å². The highest BCUT2D eigenvalue weighted by Gasteiger charge is 2.16. The molecule has 5 heteroatoms. The maximum Gasteiger partial charge on any atom is 0.161 e. The average Bonchev–Trinajstić information content (AvgIpc) is 2.84. The molecule has 0 saturated heterocycles. The number of ether oxygens (including phenoxy) is 2. The van der Waals surface area contributed by atoms with Gasteiger partial charge in [0.1, 0.15) is 13.2 Å².